The molecule has 2 unspecified atom stereocenters. The van der Waals surface area contributed by atoms with Gasteiger partial charge in [0.15, 0.2) is 12.2 Å². The quantitative estimate of drug-likeness (QED) is 0.174. The summed E-state index contributed by atoms with van der Waals surface area (Å²) in [4.78, 5) is 85.4. The zero-order valence-electron chi connectivity index (χ0n) is 26.3. The molecule has 3 N–H and O–H groups in total. The second-order valence-corrected chi connectivity index (χ2v) is 9.68. The minimum atomic E-state index is -0.991. The molecule has 15 nitrogen and oxygen atoms in total. The van der Waals surface area contributed by atoms with Gasteiger partial charge in [0.1, 0.15) is 19.8 Å². The normalized spacial score (nSPS) is 11.8. The molecule has 0 aliphatic carbocycles. The van der Waals surface area contributed by atoms with Crippen LogP contribution in [0.1, 0.15) is 72.0 Å². The van der Waals surface area contributed by atoms with Gasteiger partial charge in [-0.3, -0.25) is 33.6 Å². The lowest BCUT2D eigenvalue weighted by molar-refractivity contribution is -0.155. The zero-order valence-corrected chi connectivity index (χ0v) is 26.3. The van der Waals surface area contributed by atoms with Gasteiger partial charge >= 0.3 is 23.9 Å². The third-order valence-corrected chi connectivity index (χ3v) is 6.04. The molecule has 0 saturated heterocycles. The average molecular weight is 624 g/mol. The molecular formula is C29H41N3O12. The number of amides is 3. The van der Waals surface area contributed by atoms with Crippen molar-refractivity contribution in [3.8, 4) is 0 Å². The minimum absolute atomic E-state index is 0.0847. The Morgan fingerprint density at radius 3 is 1.41 bits per heavy atom. The van der Waals surface area contributed by atoms with Crippen LogP contribution >= 0.6 is 0 Å². The molecule has 1 rings (SSSR count). The Hall–Kier alpha value is -4.53. The first kappa shape index (κ1) is 37.5. The van der Waals surface area contributed by atoms with E-state index in [-0.39, 0.29) is 56.1 Å². The monoisotopic (exact) mass is 623 g/mol. The molecule has 1 aromatic carbocycles. The van der Waals surface area contributed by atoms with Gasteiger partial charge < -0.3 is 39.6 Å². The second kappa shape index (κ2) is 18.2. The van der Waals surface area contributed by atoms with Gasteiger partial charge in [0.2, 0.25) is 5.91 Å². The lowest BCUT2D eigenvalue weighted by Gasteiger charge is -2.24. The van der Waals surface area contributed by atoms with Crippen molar-refractivity contribution in [1.29, 1.82) is 0 Å². The molecule has 0 spiro atoms. The number of nitrogens with one attached hydrogen (secondary N) is 3. The van der Waals surface area contributed by atoms with E-state index >= 15 is 0 Å². The Morgan fingerprint density at radius 2 is 1.09 bits per heavy atom. The van der Waals surface area contributed by atoms with Crippen molar-refractivity contribution >= 4 is 47.3 Å². The molecular weight excluding hydrogens is 582 g/mol. The van der Waals surface area contributed by atoms with Gasteiger partial charge in [-0.05, 0) is 37.0 Å². The Labute approximate surface area is 255 Å². The number of anilines is 1. The third-order valence-electron chi connectivity index (χ3n) is 6.04. The fourth-order valence-corrected chi connectivity index (χ4v) is 4.32. The number of carbonyl (C=O) groups is 7. The summed E-state index contributed by atoms with van der Waals surface area (Å²) in [5.41, 5.74) is 1.42. The fraction of sp³-hybridized carbons (Fsp3) is 0.552. The van der Waals surface area contributed by atoms with Crippen LogP contribution in [-0.2, 0) is 54.1 Å². The van der Waals surface area contributed by atoms with Crippen LogP contribution in [0, 0.1) is 13.8 Å². The van der Waals surface area contributed by atoms with Crippen LogP contribution in [0.5, 0.6) is 0 Å². The first-order valence-corrected chi connectivity index (χ1v) is 13.7. The van der Waals surface area contributed by atoms with E-state index in [1.165, 1.54) is 34.8 Å². The highest BCUT2D eigenvalue weighted by Gasteiger charge is 2.28. The van der Waals surface area contributed by atoms with Gasteiger partial charge in [-0.1, -0.05) is 6.92 Å². The molecule has 0 aliphatic heterocycles. The van der Waals surface area contributed by atoms with Crippen molar-refractivity contribution in [1.82, 2.24) is 10.6 Å². The molecule has 1 aromatic rings. The lowest BCUT2D eigenvalue weighted by atomic mass is 9.88. The average Bonchev–Trinajstić information content (AvgIpc) is 2.92. The molecule has 0 aliphatic rings. The van der Waals surface area contributed by atoms with Crippen LogP contribution in [0.15, 0.2) is 0 Å². The Bertz CT molecular complexity index is 1180. The maximum Gasteiger partial charge on any atom is 0.303 e. The van der Waals surface area contributed by atoms with E-state index in [2.05, 4.69) is 16.0 Å². The summed E-state index contributed by atoms with van der Waals surface area (Å²) in [6.45, 7) is 8.29. The van der Waals surface area contributed by atoms with Crippen LogP contribution < -0.4 is 16.0 Å². The molecule has 0 aromatic heterocycles. The SMILES string of the molecule is CCc1c(C(=O)NCC(COC(C)=O)OC(C)=O)c(C)c(NC(=O)COC)c(C)c1C(=O)NCC(COC(C)=O)OC(C)=O. The predicted molar refractivity (Wildman–Crippen MR) is 155 cm³/mol. The summed E-state index contributed by atoms with van der Waals surface area (Å²) in [5.74, 6) is -4.35. The highest BCUT2D eigenvalue weighted by Crippen LogP contribution is 2.32. The minimum Gasteiger partial charge on any atom is -0.462 e. The number of hydrogen-bond donors (Lipinski definition) is 3. The summed E-state index contributed by atoms with van der Waals surface area (Å²) >= 11 is 0. The van der Waals surface area contributed by atoms with Crippen molar-refractivity contribution in [3.05, 3.63) is 27.8 Å². The smallest absolute Gasteiger partial charge is 0.303 e. The summed E-state index contributed by atoms with van der Waals surface area (Å²) in [7, 11) is 1.34. The van der Waals surface area contributed by atoms with E-state index in [1.807, 2.05) is 0 Å². The largest absolute Gasteiger partial charge is 0.462 e. The van der Waals surface area contributed by atoms with E-state index in [0.29, 0.717) is 16.7 Å². The summed E-state index contributed by atoms with van der Waals surface area (Å²) in [5, 5.41) is 7.99. The Kier molecular flexibility index (Phi) is 15.5. The van der Waals surface area contributed by atoms with Crippen LogP contribution in [0.3, 0.4) is 0 Å². The van der Waals surface area contributed by atoms with Crippen molar-refractivity contribution in [2.75, 3.05) is 45.3 Å². The molecule has 244 valence electrons. The molecule has 0 radical (unpaired) electrons. The number of benzene rings is 1. The van der Waals surface area contributed by atoms with E-state index in [4.69, 9.17) is 23.7 Å². The van der Waals surface area contributed by atoms with Crippen molar-refractivity contribution in [2.45, 2.75) is 67.1 Å². The number of carbonyl (C=O) groups excluding carboxylic acids is 7. The van der Waals surface area contributed by atoms with Gasteiger partial charge in [-0.15, -0.1) is 0 Å². The van der Waals surface area contributed by atoms with E-state index in [0.717, 1.165) is 0 Å². The van der Waals surface area contributed by atoms with Crippen molar-refractivity contribution in [2.24, 2.45) is 0 Å². The molecule has 0 saturated carbocycles. The van der Waals surface area contributed by atoms with Crippen LogP contribution in [0.2, 0.25) is 0 Å². The molecule has 0 fully saturated rings. The van der Waals surface area contributed by atoms with E-state index < -0.39 is 53.8 Å². The first-order valence-electron chi connectivity index (χ1n) is 13.7. The summed E-state index contributed by atoms with van der Waals surface area (Å²) < 4.78 is 25.0. The molecule has 44 heavy (non-hydrogen) atoms. The molecule has 15 heteroatoms. The number of hydrogen-bond acceptors (Lipinski definition) is 12. The van der Waals surface area contributed by atoms with Crippen molar-refractivity contribution in [3.63, 3.8) is 0 Å². The predicted octanol–water partition coefficient (Wildman–Crippen LogP) is 0.900. The van der Waals surface area contributed by atoms with Crippen LogP contribution in [-0.4, -0.2) is 93.8 Å². The number of ether oxygens (including phenoxy) is 5. The van der Waals surface area contributed by atoms with Crippen LogP contribution in [0.4, 0.5) is 5.69 Å². The molecule has 0 heterocycles. The second-order valence-electron chi connectivity index (χ2n) is 9.68. The molecule has 3 amide bonds. The maximum atomic E-state index is 13.6. The molecule has 2 atom stereocenters. The zero-order chi connectivity index (χ0) is 33.6. The van der Waals surface area contributed by atoms with Gasteiger partial charge in [-0.25, -0.2) is 0 Å². The fourth-order valence-electron chi connectivity index (χ4n) is 4.32. The van der Waals surface area contributed by atoms with E-state index in [9.17, 15) is 33.6 Å². The number of methoxy groups -OCH3 is 1. The van der Waals surface area contributed by atoms with Gasteiger partial charge in [0, 0.05) is 51.6 Å². The number of rotatable bonds is 16. The maximum absolute atomic E-state index is 13.6. The Balaban J connectivity index is 3.56. The highest BCUT2D eigenvalue weighted by molar-refractivity contribution is 6.08. The standard InChI is InChI=1S/C29H41N3O12/c1-9-23-25(28(38)30-10-21(43-19(6)35)12-41-17(4)33)15(2)27(32-24(37)14-40-8)16(3)26(23)29(39)31-11-22(44-20(7)36)13-42-18(5)34/h21-22H,9-14H2,1-8H3,(H,30,38)(H,31,39)(H,32,37). The third kappa shape index (κ3) is 12.0. The van der Waals surface area contributed by atoms with Crippen LogP contribution in [0.25, 0.3) is 0 Å². The summed E-state index contributed by atoms with van der Waals surface area (Å²) in [6, 6.07) is 0. The topological polar surface area (TPSA) is 202 Å². The number of esters is 4. The van der Waals surface area contributed by atoms with Gasteiger partial charge in [-0.2, -0.15) is 0 Å². The van der Waals surface area contributed by atoms with Gasteiger partial charge in [0.05, 0.1) is 13.1 Å². The first-order chi connectivity index (χ1) is 20.6. The van der Waals surface area contributed by atoms with Crippen molar-refractivity contribution < 1.29 is 57.2 Å². The lowest BCUT2D eigenvalue weighted by Crippen LogP contribution is -2.40. The van der Waals surface area contributed by atoms with Gasteiger partial charge in [0.25, 0.3) is 11.8 Å². The Morgan fingerprint density at radius 1 is 0.682 bits per heavy atom. The molecule has 0 bridgehead atoms. The summed E-state index contributed by atoms with van der Waals surface area (Å²) in [6.07, 6.45) is -1.77. The highest BCUT2D eigenvalue weighted by atomic mass is 16.6. The van der Waals surface area contributed by atoms with E-state index in [1.54, 1.807) is 20.8 Å².